The number of carbonyl (C=O) groups excluding carboxylic acids is 1. The maximum atomic E-state index is 12.0. The van der Waals surface area contributed by atoms with Crippen LogP contribution in [0.5, 0.6) is 0 Å². The molecule has 0 radical (unpaired) electrons. The summed E-state index contributed by atoms with van der Waals surface area (Å²) in [7, 11) is 0. The summed E-state index contributed by atoms with van der Waals surface area (Å²) in [4.78, 5) is 16.0. The molecule has 1 unspecified atom stereocenters. The van der Waals surface area contributed by atoms with E-state index >= 15 is 0 Å². The summed E-state index contributed by atoms with van der Waals surface area (Å²) in [5.41, 5.74) is 6.68. The average Bonchev–Trinajstić information content (AvgIpc) is 2.72. The molecule has 0 aromatic carbocycles. The molecule has 5 heteroatoms. The molecule has 1 atom stereocenters. The van der Waals surface area contributed by atoms with Crippen molar-refractivity contribution < 1.29 is 9.53 Å². The lowest BCUT2D eigenvalue weighted by Crippen LogP contribution is -2.40. The highest BCUT2D eigenvalue weighted by Crippen LogP contribution is 2.24. The minimum absolute atomic E-state index is 0.135. The molecule has 1 aromatic rings. The number of aryl methyl sites for hydroxylation is 1. The van der Waals surface area contributed by atoms with Gasteiger partial charge in [0.15, 0.2) is 0 Å². The van der Waals surface area contributed by atoms with Gasteiger partial charge >= 0.3 is 0 Å². The van der Waals surface area contributed by atoms with Crippen molar-refractivity contribution in [3.05, 3.63) is 23.4 Å². The Bertz CT molecular complexity index is 433. The van der Waals surface area contributed by atoms with Crippen molar-refractivity contribution in [1.82, 2.24) is 10.3 Å². The zero-order valence-electron chi connectivity index (χ0n) is 10.8. The molecule has 2 rings (SSSR count). The summed E-state index contributed by atoms with van der Waals surface area (Å²) in [5, 5.41) is 2.89. The quantitative estimate of drug-likeness (QED) is 0.845. The third kappa shape index (κ3) is 2.98. The van der Waals surface area contributed by atoms with Crippen LogP contribution in [0, 0.1) is 6.92 Å². The van der Waals surface area contributed by atoms with Crippen LogP contribution in [0.1, 0.15) is 35.8 Å². The van der Waals surface area contributed by atoms with E-state index in [0.717, 1.165) is 25.1 Å². The highest BCUT2D eigenvalue weighted by Gasteiger charge is 2.30. The van der Waals surface area contributed by atoms with Crippen LogP contribution in [0.4, 0.5) is 5.82 Å². The molecule has 0 aliphatic carbocycles. The van der Waals surface area contributed by atoms with Gasteiger partial charge in [0.05, 0.1) is 5.60 Å². The molecule has 5 nitrogen and oxygen atoms in total. The van der Waals surface area contributed by atoms with Crippen LogP contribution in [-0.2, 0) is 4.74 Å². The third-order valence-corrected chi connectivity index (χ3v) is 3.16. The number of hydrogen-bond acceptors (Lipinski definition) is 4. The van der Waals surface area contributed by atoms with Gasteiger partial charge in [-0.25, -0.2) is 4.98 Å². The fraction of sp³-hybridized carbons (Fsp3) is 0.538. The molecular weight excluding hydrogens is 230 g/mol. The average molecular weight is 249 g/mol. The molecule has 18 heavy (non-hydrogen) atoms. The van der Waals surface area contributed by atoms with Crippen LogP contribution in [0.3, 0.4) is 0 Å². The maximum Gasteiger partial charge on any atom is 0.251 e. The third-order valence-electron chi connectivity index (χ3n) is 3.16. The lowest BCUT2D eigenvalue weighted by atomic mass is 10.0. The molecule has 0 saturated carbocycles. The first-order chi connectivity index (χ1) is 8.48. The second kappa shape index (κ2) is 4.94. The number of ether oxygens (including phenoxy) is 1. The van der Waals surface area contributed by atoms with Gasteiger partial charge < -0.3 is 15.8 Å². The molecule has 1 aliphatic rings. The summed E-state index contributed by atoms with van der Waals surface area (Å²) in [6.45, 7) is 5.13. The fourth-order valence-electron chi connectivity index (χ4n) is 2.17. The lowest BCUT2D eigenvalue weighted by molar-refractivity contribution is 0.0206. The van der Waals surface area contributed by atoms with E-state index in [1.54, 1.807) is 12.1 Å². The molecule has 3 N–H and O–H groups in total. The highest BCUT2D eigenvalue weighted by molar-refractivity contribution is 5.94. The van der Waals surface area contributed by atoms with Gasteiger partial charge in [0, 0.05) is 24.4 Å². The van der Waals surface area contributed by atoms with Crippen LogP contribution in [0.2, 0.25) is 0 Å². The standard InChI is InChI=1S/C13H19N3O2/c1-9-6-10(7-11(14)16-9)12(17)15-8-13(2)4-3-5-18-13/h6-7H,3-5,8H2,1-2H3,(H2,14,16)(H,15,17). The first-order valence-corrected chi connectivity index (χ1v) is 6.15. The van der Waals surface area contributed by atoms with Crippen molar-refractivity contribution in [3.8, 4) is 0 Å². The number of nitrogens with zero attached hydrogens (tertiary/aromatic N) is 1. The molecular formula is C13H19N3O2. The van der Waals surface area contributed by atoms with E-state index in [1.165, 1.54) is 0 Å². The number of aromatic nitrogens is 1. The van der Waals surface area contributed by atoms with Crippen molar-refractivity contribution in [2.45, 2.75) is 32.3 Å². The van der Waals surface area contributed by atoms with Gasteiger partial charge in [-0.2, -0.15) is 0 Å². The highest BCUT2D eigenvalue weighted by atomic mass is 16.5. The van der Waals surface area contributed by atoms with Gasteiger partial charge in [0.1, 0.15) is 5.82 Å². The predicted molar refractivity (Wildman–Crippen MR) is 69.3 cm³/mol. The Hall–Kier alpha value is -1.62. The molecule has 1 aromatic heterocycles. The zero-order chi connectivity index (χ0) is 13.2. The minimum Gasteiger partial charge on any atom is -0.384 e. The van der Waals surface area contributed by atoms with E-state index < -0.39 is 0 Å². The Morgan fingerprint density at radius 3 is 3.00 bits per heavy atom. The van der Waals surface area contributed by atoms with E-state index in [9.17, 15) is 4.79 Å². The monoisotopic (exact) mass is 249 g/mol. The predicted octanol–water partition coefficient (Wildman–Crippen LogP) is 1.27. The largest absolute Gasteiger partial charge is 0.384 e. The molecule has 1 fully saturated rings. The first-order valence-electron chi connectivity index (χ1n) is 6.15. The van der Waals surface area contributed by atoms with Gasteiger partial charge in [-0.3, -0.25) is 4.79 Å². The van der Waals surface area contributed by atoms with Crippen molar-refractivity contribution in [3.63, 3.8) is 0 Å². The first kappa shape index (κ1) is 12.8. The second-order valence-corrected chi connectivity index (χ2v) is 5.01. The molecule has 1 aliphatic heterocycles. The molecule has 0 bridgehead atoms. The molecule has 0 spiro atoms. The molecule has 2 heterocycles. The Labute approximate surface area is 107 Å². The maximum absolute atomic E-state index is 12.0. The van der Waals surface area contributed by atoms with Crippen LogP contribution in [0.25, 0.3) is 0 Å². The topological polar surface area (TPSA) is 77.2 Å². The number of hydrogen-bond donors (Lipinski definition) is 2. The van der Waals surface area contributed by atoms with Crippen LogP contribution < -0.4 is 11.1 Å². The summed E-state index contributed by atoms with van der Waals surface area (Å²) in [5.74, 6) is 0.229. The van der Waals surface area contributed by atoms with Gasteiger partial charge in [0.2, 0.25) is 0 Å². The number of rotatable bonds is 3. The number of carbonyl (C=O) groups is 1. The number of nitrogens with one attached hydrogen (secondary N) is 1. The SMILES string of the molecule is Cc1cc(C(=O)NCC2(C)CCCO2)cc(N)n1. The number of pyridine rings is 1. The van der Waals surface area contributed by atoms with Gasteiger partial charge in [-0.15, -0.1) is 0 Å². The van der Waals surface area contributed by atoms with E-state index in [-0.39, 0.29) is 11.5 Å². The summed E-state index contributed by atoms with van der Waals surface area (Å²) < 4.78 is 5.62. The summed E-state index contributed by atoms with van der Waals surface area (Å²) >= 11 is 0. The zero-order valence-corrected chi connectivity index (χ0v) is 10.8. The minimum atomic E-state index is -0.233. The number of nitrogen functional groups attached to an aromatic ring is 1. The Balaban J connectivity index is 1.99. The fourth-order valence-corrected chi connectivity index (χ4v) is 2.17. The van der Waals surface area contributed by atoms with E-state index in [4.69, 9.17) is 10.5 Å². The van der Waals surface area contributed by atoms with Crippen molar-refractivity contribution in [2.75, 3.05) is 18.9 Å². The van der Waals surface area contributed by atoms with Gasteiger partial charge in [-0.1, -0.05) is 0 Å². The van der Waals surface area contributed by atoms with E-state index in [0.29, 0.717) is 17.9 Å². The second-order valence-electron chi connectivity index (χ2n) is 5.01. The van der Waals surface area contributed by atoms with Gasteiger partial charge in [-0.05, 0) is 38.8 Å². The normalized spacial score (nSPS) is 23.0. The number of amides is 1. The summed E-state index contributed by atoms with van der Waals surface area (Å²) in [6, 6.07) is 3.31. The van der Waals surface area contributed by atoms with Crippen molar-refractivity contribution >= 4 is 11.7 Å². The lowest BCUT2D eigenvalue weighted by Gasteiger charge is -2.23. The van der Waals surface area contributed by atoms with Crippen molar-refractivity contribution in [1.29, 1.82) is 0 Å². The summed E-state index contributed by atoms with van der Waals surface area (Å²) in [6.07, 6.45) is 2.03. The smallest absolute Gasteiger partial charge is 0.251 e. The van der Waals surface area contributed by atoms with Crippen molar-refractivity contribution in [2.24, 2.45) is 0 Å². The molecule has 98 valence electrons. The van der Waals surface area contributed by atoms with E-state index in [2.05, 4.69) is 10.3 Å². The molecule has 1 saturated heterocycles. The van der Waals surface area contributed by atoms with E-state index in [1.807, 2.05) is 13.8 Å². The molecule has 1 amide bonds. The number of anilines is 1. The van der Waals surface area contributed by atoms with Crippen LogP contribution >= 0.6 is 0 Å². The Morgan fingerprint density at radius 1 is 1.61 bits per heavy atom. The Kier molecular flexibility index (Phi) is 3.52. The Morgan fingerprint density at radius 2 is 2.39 bits per heavy atom. The number of nitrogens with two attached hydrogens (primary N) is 1. The van der Waals surface area contributed by atoms with Crippen LogP contribution in [0.15, 0.2) is 12.1 Å². The van der Waals surface area contributed by atoms with Crippen LogP contribution in [-0.4, -0.2) is 29.6 Å². The van der Waals surface area contributed by atoms with Gasteiger partial charge in [0.25, 0.3) is 5.91 Å².